The third-order valence-electron chi connectivity index (χ3n) is 4.99. The van der Waals surface area contributed by atoms with Gasteiger partial charge >= 0.3 is 6.18 Å². The van der Waals surface area contributed by atoms with E-state index in [1.165, 1.54) is 11.0 Å². The normalized spacial score (nSPS) is 13.0. The Hall–Kier alpha value is -4.06. The number of amides is 1. The van der Waals surface area contributed by atoms with Gasteiger partial charge in [0.25, 0.3) is 0 Å². The van der Waals surface area contributed by atoms with Gasteiger partial charge in [-0.3, -0.25) is 4.79 Å². The Morgan fingerprint density at radius 1 is 1.06 bits per heavy atom. The molecule has 0 radical (unpaired) electrons. The average Bonchev–Trinajstić information content (AvgIpc) is 2.79. The van der Waals surface area contributed by atoms with E-state index in [-0.39, 0.29) is 25.1 Å². The highest BCUT2D eigenvalue weighted by atomic mass is 19.4. The highest BCUT2D eigenvalue weighted by Crippen LogP contribution is 2.37. The Morgan fingerprint density at radius 3 is 2.48 bits per heavy atom. The van der Waals surface area contributed by atoms with Crippen LogP contribution in [0.25, 0.3) is 4.85 Å². The summed E-state index contributed by atoms with van der Waals surface area (Å²) in [5.74, 6) is -0.468. The zero-order chi connectivity index (χ0) is 23.6. The lowest BCUT2D eigenvalue weighted by molar-refractivity contribution is -0.140. The summed E-state index contributed by atoms with van der Waals surface area (Å²) >= 11 is 0. The number of ether oxygens (including phenoxy) is 2. The number of hydrogen-bond donors (Lipinski definition) is 0. The first-order chi connectivity index (χ1) is 15.7. The molecule has 3 aromatic rings. The maximum absolute atomic E-state index is 13.5. The number of anilines is 1. The van der Waals surface area contributed by atoms with E-state index >= 15 is 0 Å². The zero-order valence-electron chi connectivity index (χ0n) is 17.0. The molecule has 1 heterocycles. The second kappa shape index (κ2) is 8.82. The molecular weight excluding hydrogens is 440 g/mol. The van der Waals surface area contributed by atoms with Crippen molar-refractivity contribution in [1.29, 1.82) is 0 Å². The number of halogens is 4. The van der Waals surface area contributed by atoms with Crippen molar-refractivity contribution >= 4 is 17.3 Å². The van der Waals surface area contributed by atoms with Crippen LogP contribution in [0.15, 0.2) is 60.7 Å². The molecule has 0 saturated heterocycles. The summed E-state index contributed by atoms with van der Waals surface area (Å²) in [5, 5.41) is 0. The van der Waals surface area contributed by atoms with Crippen LogP contribution in [-0.4, -0.2) is 19.1 Å². The van der Waals surface area contributed by atoms with Gasteiger partial charge in [-0.15, -0.1) is 0 Å². The first-order valence-corrected chi connectivity index (χ1v) is 9.83. The minimum absolute atomic E-state index is 0.0598. The van der Waals surface area contributed by atoms with E-state index in [9.17, 15) is 22.4 Å². The Bertz CT molecular complexity index is 1230. The van der Waals surface area contributed by atoms with E-state index in [1.807, 2.05) is 0 Å². The highest BCUT2D eigenvalue weighted by molar-refractivity contribution is 5.96. The van der Waals surface area contributed by atoms with Crippen LogP contribution >= 0.6 is 0 Å². The summed E-state index contributed by atoms with van der Waals surface area (Å²) < 4.78 is 63.8. The summed E-state index contributed by atoms with van der Waals surface area (Å²) in [4.78, 5) is 17.6. The average molecular weight is 456 g/mol. The third kappa shape index (κ3) is 4.90. The molecule has 0 N–H and O–H groups in total. The van der Waals surface area contributed by atoms with Crippen LogP contribution in [0.1, 0.15) is 11.1 Å². The monoisotopic (exact) mass is 456 g/mol. The molecule has 0 fully saturated rings. The molecule has 1 aliphatic heterocycles. The van der Waals surface area contributed by atoms with Gasteiger partial charge in [0.1, 0.15) is 29.7 Å². The predicted octanol–water partition coefficient (Wildman–Crippen LogP) is 6.16. The quantitative estimate of drug-likeness (QED) is 0.349. The molecule has 33 heavy (non-hydrogen) atoms. The molecule has 0 unspecified atom stereocenters. The van der Waals surface area contributed by atoms with Gasteiger partial charge in [-0.25, -0.2) is 9.24 Å². The van der Waals surface area contributed by atoms with E-state index in [0.29, 0.717) is 40.8 Å². The SMILES string of the molecule is [C-]#[N+]c1ccc(Oc2ccc3c(c2)OCCN3C(=O)Cc2ccc(F)c(C(F)(F)F)c2)cc1. The fourth-order valence-corrected chi connectivity index (χ4v) is 3.42. The highest BCUT2D eigenvalue weighted by Gasteiger charge is 2.34. The van der Waals surface area contributed by atoms with Gasteiger partial charge in [0.15, 0.2) is 5.69 Å². The molecule has 1 amide bonds. The van der Waals surface area contributed by atoms with Crippen LogP contribution in [0, 0.1) is 12.4 Å². The predicted molar refractivity (Wildman–Crippen MR) is 112 cm³/mol. The van der Waals surface area contributed by atoms with E-state index in [0.717, 1.165) is 0 Å². The number of fused-ring (bicyclic) bond motifs is 1. The fourth-order valence-electron chi connectivity index (χ4n) is 3.42. The summed E-state index contributed by atoms with van der Waals surface area (Å²) in [6, 6.07) is 14.0. The molecule has 0 bridgehead atoms. The molecule has 1 aliphatic rings. The summed E-state index contributed by atoms with van der Waals surface area (Å²) in [6.45, 7) is 7.39. The molecule has 0 aromatic heterocycles. The second-order valence-electron chi connectivity index (χ2n) is 7.22. The lowest BCUT2D eigenvalue weighted by atomic mass is 10.1. The number of rotatable bonds is 4. The standard InChI is InChI=1S/C24H16F4N2O3/c1-29-16-3-5-17(6-4-16)33-18-7-9-21-22(14-18)32-11-10-30(21)23(31)13-15-2-8-20(25)19(12-15)24(26,27)28/h2-9,12,14H,10-11,13H2. The number of nitrogens with zero attached hydrogens (tertiary/aromatic N) is 2. The van der Waals surface area contributed by atoms with Crippen molar-refractivity contribution in [3.05, 3.63) is 89.0 Å². The van der Waals surface area contributed by atoms with Crippen LogP contribution in [0.3, 0.4) is 0 Å². The molecule has 4 rings (SSSR count). The fraction of sp³-hybridized carbons (Fsp3) is 0.167. The van der Waals surface area contributed by atoms with Crippen LogP contribution in [-0.2, 0) is 17.4 Å². The van der Waals surface area contributed by atoms with Crippen molar-refractivity contribution in [2.75, 3.05) is 18.1 Å². The number of alkyl halides is 3. The van der Waals surface area contributed by atoms with E-state index in [2.05, 4.69) is 4.85 Å². The number of hydrogen-bond acceptors (Lipinski definition) is 3. The van der Waals surface area contributed by atoms with Gasteiger partial charge in [-0.05, 0) is 42.0 Å². The van der Waals surface area contributed by atoms with Crippen LogP contribution in [0.5, 0.6) is 17.2 Å². The van der Waals surface area contributed by atoms with E-state index in [4.69, 9.17) is 16.0 Å². The first-order valence-electron chi connectivity index (χ1n) is 9.83. The second-order valence-corrected chi connectivity index (χ2v) is 7.22. The van der Waals surface area contributed by atoms with Crippen molar-refractivity contribution in [2.24, 2.45) is 0 Å². The van der Waals surface area contributed by atoms with Crippen molar-refractivity contribution in [3.63, 3.8) is 0 Å². The maximum Gasteiger partial charge on any atom is 0.419 e. The Labute approximate surface area is 186 Å². The lowest BCUT2D eigenvalue weighted by Gasteiger charge is -2.30. The van der Waals surface area contributed by atoms with E-state index in [1.54, 1.807) is 42.5 Å². The molecule has 0 atom stereocenters. The third-order valence-corrected chi connectivity index (χ3v) is 4.99. The molecule has 9 heteroatoms. The van der Waals surface area contributed by atoms with Crippen LogP contribution in [0.4, 0.5) is 28.9 Å². The summed E-state index contributed by atoms with van der Waals surface area (Å²) in [5.41, 5.74) is -0.403. The smallest absolute Gasteiger partial charge is 0.419 e. The number of carbonyl (C=O) groups excluding carboxylic acids is 1. The van der Waals surface area contributed by atoms with Crippen molar-refractivity contribution in [2.45, 2.75) is 12.6 Å². The Morgan fingerprint density at radius 2 is 1.79 bits per heavy atom. The number of benzene rings is 3. The van der Waals surface area contributed by atoms with Gasteiger partial charge in [-0.2, -0.15) is 13.2 Å². The number of carbonyl (C=O) groups is 1. The van der Waals surface area contributed by atoms with Gasteiger partial charge in [-0.1, -0.05) is 18.2 Å². The molecule has 0 spiro atoms. The summed E-state index contributed by atoms with van der Waals surface area (Å²) in [6.07, 6.45) is -5.17. The minimum Gasteiger partial charge on any atom is -0.489 e. The van der Waals surface area contributed by atoms with E-state index < -0.39 is 23.5 Å². The Kier molecular flexibility index (Phi) is 5.92. The van der Waals surface area contributed by atoms with Gasteiger partial charge in [0.05, 0.1) is 30.8 Å². The van der Waals surface area contributed by atoms with Crippen LogP contribution < -0.4 is 14.4 Å². The molecule has 168 valence electrons. The Balaban J connectivity index is 1.52. The van der Waals surface area contributed by atoms with Gasteiger partial charge in [0.2, 0.25) is 5.91 Å². The zero-order valence-corrected chi connectivity index (χ0v) is 17.0. The molecule has 3 aromatic carbocycles. The lowest BCUT2D eigenvalue weighted by Crippen LogP contribution is -2.38. The van der Waals surface area contributed by atoms with Crippen molar-refractivity contribution in [3.8, 4) is 17.2 Å². The van der Waals surface area contributed by atoms with Crippen LogP contribution in [0.2, 0.25) is 0 Å². The van der Waals surface area contributed by atoms with Gasteiger partial charge in [0, 0.05) is 6.07 Å². The molecule has 0 aliphatic carbocycles. The van der Waals surface area contributed by atoms with Crippen molar-refractivity contribution < 1.29 is 31.8 Å². The molecule has 5 nitrogen and oxygen atoms in total. The molecule has 0 saturated carbocycles. The molecular formula is C24H16F4N2O3. The topological polar surface area (TPSA) is 43.1 Å². The minimum atomic E-state index is -4.85. The maximum atomic E-state index is 13.5. The largest absolute Gasteiger partial charge is 0.489 e. The van der Waals surface area contributed by atoms with Crippen molar-refractivity contribution in [1.82, 2.24) is 0 Å². The summed E-state index contributed by atoms with van der Waals surface area (Å²) in [7, 11) is 0. The first kappa shape index (κ1) is 22.1. The van der Waals surface area contributed by atoms with Gasteiger partial charge < -0.3 is 14.4 Å².